The second kappa shape index (κ2) is 5.22. The molecule has 0 fully saturated rings. The van der Waals surface area contributed by atoms with Crippen LogP contribution in [0.5, 0.6) is 0 Å². The monoisotopic (exact) mass is 226 g/mol. The highest BCUT2D eigenvalue weighted by molar-refractivity contribution is 5.51. The number of anilines is 1. The first kappa shape index (κ1) is 11.3. The number of aryl methyl sites for hydroxylation is 2. The number of nitrogens with zero attached hydrogens (tertiary/aromatic N) is 1. The van der Waals surface area contributed by atoms with Crippen LogP contribution in [-0.4, -0.2) is 0 Å². The first-order valence-corrected chi connectivity index (χ1v) is 5.61. The zero-order chi connectivity index (χ0) is 12.1. The van der Waals surface area contributed by atoms with Crippen LogP contribution < -0.4 is 5.73 Å². The summed E-state index contributed by atoms with van der Waals surface area (Å²) < 4.78 is 5.04. The predicted molar refractivity (Wildman–Crippen MR) is 66.3 cm³/mol. The van der Waals surface area contributed by atoms with Crippen LogP contribution in [0.2, 0.25) is 0 Å². The summed E-state index contributed by atoms with van der Waals surface area (Å²) >= 11 is 0. The summed E-state index contributed by atoms with van der Waals surface area (Å²) in [5.41, 5.74) is 8.24. The number of hydrogen-bond acceptors (Lipinski definition) is 3. The van der Waals surface area contributed by atoms with Gasteiger partial charge in [-0.2, -0.15) is 5.26 Å². The van der Waals surface area contributed by atoms with Gasteiger partial charge >= 0.3 is 0 Å². The highest BCUT2D eigenvalue weighted by atomic mass is 16.3. The molecular weight excluding hydrogens is 212 g/mol. The van der Waals surface area contributed by atoms with E-state index < -0.39 is 0 Å². The molecule has 0 saturated carbocycles. The standard InChI is InChI=1S/C14H14N2O/c15-9-13-12(10-17-14(13)16)8-4-7-11-5-2-1-3-6-11/h1-3,5-6,10H,4,7-8,16H2. The first-order valence-electron chi connectivity index (χ1n) is 5.61. The summed E-state index contributed by atoms with van der Waals surface area (Å²) in [4.78, 5) is 0. The van der Waals surface area contributed by atoms with E-state index in [9.17, 15) is 0 Å². The molecule has 0 amide bonds. The van der Waals surface area contributed by atoms with E-state index in [0.717, 1.165) is 24.8 Å². The number of nitriles is 1. The van der Waals surface area contributed by atoms with Gasteiger partial charge in [0.05, 0.1) is 6.26 Å². The summed E-state index contributed by atoms with van der Waals surface area (Å²) in [7, 11) is 0. The van der Waals surface area contributed by atoms with E-state index in [4.69, 9.17) is 15.4 Å². The second-order valence-corrected chi connectivity index (χ2v) is 3.95. The van der Waals surface area contributed by atoms with Crippen molar-refractivity contribution in [3.63, 3.8) is 0 Å². The fourth-order valence-electron chi connectivity index (χ4n) is 1.85. The molecule has 0 unspecified atom stereocenters. The largest absolute Gasteiger partial charge is 0.447 e. The number of rotatable bonds is 4. The Kier molecular flexibility index (Phi) is 3.46. The number of furan rings is 1. The van der Waals surface area contributed by atoms with Crippen LogP contribution in [0.3, 0.4) is 0 Å². The van der Waals surface area contributed by atoms with E-state index in [-0.39, 0.29) is 5.88 Å². The summed E-state index contributed by atoms with van der Waals surface area (Å²) in [6, 6.07) is 12.4. The fraction of sp³-hybridized carbons (Fsp3) is 0.214. The van der Waals surface area contributed by atoms with Crippen molar-refractivity contribution in [1.29, 1.82) is 5.26 Å². The predicted octanol–water partition coefficient (Wildman–Crippen LogP) is 2.91. The Morgan fingerprint density at radius 3 is 2.65 bits per heavy atom. The quantitative estimate of drug-likeness (QED) is 0.871. The Morgan fingerprint density at radius 2 is 1.94 bits per heavy atom. The summed E-state index contributed by atoms with van der Waals surface area (Å²) in [5, 5.41) is 8.91. The first-order chi connectivity index (χ1) is 8.31. The van der Waals surface area contributed by atoms with Crippen molar-refractivity contribution >= 4 is 5.88 Å². The molecular formula is C14H14N2O. The molecule has 0 aliphatic heterocycles. The van der Waals surface area contributed by atoms with Crippen molar-refractivity contribution in [2.75, 3.05) is 5.73 Å². The van der Waals surface area contributed by atoms with Gasteiger partial charge in [-0.25, -0.2) is 0 Å². The zero-order valence-electron chi connectivity index (χ0n) is 9.52. The number of nitrogens with two attached hydrogens (primary N) is 1. The van der Waals surface area contributed by atoms with E-state index >= 15 is 0 Å². The number of nitrogen functional groups attached to an aromatic ring is 1. The molecule has 0 saturated heterocycles. The van der Waals surface area contributed by atoms with Crippen LogP contribution in [0.25, 0.3) is 0 Å². The average Bonchev–Trinajstić information content (AvgIpc) is 2.71. The van der Waals surface area contributed by atoms with Crippen molar-refractivity contribution in [2.45, 2.75) is 19.3 Å². The molecule has 3 heteroatoms. The number of benzene rings is 1. The summed E-state index contributed by atoms with van der Waals surface area (Å²) in [5.74, 6) is 0.224. The van der Waals surface area contributed by atoms with Crippen LogP contribution >= 0.6 is 0 Å². The lowest BCUT2D eigenvalue weighted by atomic mass is 10.0. The van der Waals surface area contributed by atoms with Gasteiger partial charge in [-0.15, -0.1) is 0 Å². The maximum absolute atomic E-state index is 8.91. The third-order valence-electron chi connectivity index (χ3n) is 2.76. The Hall–Kier alpha value is -2.21. The van der Waals surface area contributed by atoms with Crippen LogP contribution in [0.4, 0.5) is 5.88 Å². The molecule has 0 radical (unpaired) electrons. The van der Waals surface area contributed by atoms with Crippen molar-refractivity contribution in [2.24, 2.45) is 0 Å². The SMILES string of the molecule is N#Cc1c(CCCc2ccccc2)coc1N. The van der Waals surface area contributed by atoms with Crippen LogP contribution in [0.15, 0.2) is 41.0 Å². The zero-order valence-corrected chi connectivity index (χ0v) is 9.52. The van der Waals surface area contributed by atoms with E-state index in [1.807, 2.05) is 18.2 Å². The Morgan fingerprint density at radius 1 is 1.18 bits per heavy atom. The molecule has 3 nitrogen and oxygen atoms in total. The minimum atomic E-state index is 0.224. The molecule has 2 aromatic rings. The van der Waals surface area contributed by atoms with E-state index in [1.54, 1.807) is 6.26 Å². The van der Waals surface area contributed by atoms with Gasteiger partial charge in [-0.3, -0.25) is 0 Å². The maximum Gasteiger partial charge on any atom is 0.208 e. The molecule has 0 aliphatic rings. The average molecular weight is 226 g/mol. The molecule has 0 aliphatic carbocycles. The molecule has 0 bridgehead atoms. The molecule has 1 heterocycles. The highest BCUT2D eigenvalue weighted by Crippen LogP contribution is 2.20. The third kappa shape index (κ3) is 2.67. The van der Waals surface area contributed by atoms with E-state index in [1.165, 1.54) is 5.56 Å². The molecule has 17 heavy (non-hydrogen) atoms. The van der Waals surface area contributed by atoms with Gasteiger partial charge in [-0.05, 0) is 24.8 Å². The number of hydrogen-bond donors (Lipinski definition) is 1. The molecule has 1 aromatic carbocycles. The summed E-state index contributed by atoms with van der Waals surface area (Å²) in [6.07, 6.45) is 4.38. The third-order valence-corrected chi connectivity index (χ3v) is 2.76. The smallest absolute Gasteiger partial charge is 0.208 e. The van der Waals surface area contributed by atoms with Gasteiger partial charge in [0, 0.05) is 5.56 Å². The molecule has 2 rings (SSSR count). The minimum absolute atomic E-state index is 0.224. The lowest BCUT2D eigenvalue weighted by molar-refractivity contribution is 0.582. The lowest BCUT2D eigenvalue weighted by Crippen LogP contribution is -1.92. The van der Waals surface area contributed by atoms with Crippen molar-refractivity contribution in [1.82, 2.24) is 0 Å². The van der Waals surface area contributed by atoms with Gasteiger partial charge in [-0.1, -0.05) is 30.3 Å². The molecule has 2 N–H and O–H groups in total. The van der Waals surface area contributed by atoms with Crippen molar-refractivity contribution in [3.05, 3.63) is 53.3 Å². The topological polar surface area (TPSA) is 63.0 Å². The van der Waals surface area contributed by atoms with E-state index in [0.29, 0.717) is 5.56 Å². The molecule has 0 spiro atoms. The highest BCUT2D eigenvalue weighted by Gasteiger charge is 2.09. The Balaban J connectivity index is 1.93. The Bertz CT molecular complexity index is 523. The van der Waals surface area contributed by atoms with Crippen LogP contribution in [0.1, 0.15) is 23.1 Å². The Labute approximate surface area is 100 Å². The molecule has 1 aromatic heterocycles. The van der Waals surface area contributed by atoms with Gasteiger partial charge in [0.2, 0.25) is 5.88 Å². The van der Waals surface area contributed by atoms with Gasteiger partial charge in [0.15, 0.2) is 0 Å². The van der Waals surface area contributed by atoms with Crippen molar-refractivity contribution in [3.8, 4) is 6.07 Å². The van der Waals surface area contributed by atoms with Crippen molar-refractivity contribution < 1.29 is 4.42 Å². The van der Waals surface area contributed by atoms with Gasteiger partial charge in [0.1, 0.15) is 11.6 Å². The van der Waals surface area contributed by atoms with Crippen LogP contribution in [0, 0.1) is 11.3 Å². The second-order valence-electron chi connectivity index (χ2n) is 3.95. The maximum atomic E-state index is 8.91. The van der Waals surface area contributed by atoms with E-state index in [2.05, 4.69) is 18.2 Å². The van der Waals surface area contributed by atoms with Crippen LogP contribution in [-0.2, 0) is 12.8 Å². The fourth-order valence-corrected chi connectivity index (χ4v) is 1.85. The normalized spacial score (nSPS) is 10.1. The molecule has 0 atom stereocenters. The summed E-state index contributed by atoms with van der Waals surface area (Å²) in [6.45, 7) is 0. The van der Waals surface area contributed by atoms with Gasteiger partial charge < -0.3 is 10.2 Å². The minimum Gasteiger partial charge on any atom is -0.447 e. The molecule has 86 valence electrons. The lowest BCUT2D eigenvalue weighted by Gasteiger charge is -2.00. The van der Waals surface area contributed by atoms with Gasteiger partial charge in [0.25, 0.3) is 0 Å².